The second-order valence-corrected chi connectivity index (χ2v) is 7.25. The number of nitrogens with two attached hydrogens (primary N) is 1. The summed E-state index contributed by atoms with van der Waals surface area (Å²) in [5, 5.41) is 6.41. The Hall–Kier alpha value is -3.16. The zero-order chi connectivity index (χ0) is 19.2. The highest BCUT2D eigenvalue weighted by Gasteiger charge is 2.48. The smallest absolute Gasteiger partial charge is 0.319 e. The monoisotopic (exact) mass is 369 g/mol. The molecule has 0 radical (unpaired) electrons. The SMILES string of the molecule is Cc1c([C@H](NC(=O)Nc2cnc(N)nc2)C2(C)CC2)oc2ccc(F)cc12. The molecule has 0 spiro atoms. The highest BCUT2D eigenvalue weighted by atomic mass is 19.1. The zero-order valence-electron chi connectivity index (χ0n) is 15.0. The maximum atomic E-state index is 13.6. The summed E-state index contributed by atoms with van der Waals surface area (Å²) in [7, 11) is 0. The molecule has 2 aromatic heterocycles. The van der Waals surface area contributed by atoms with E-state index in [1.807, 2.05) is 6.92 Å². The van der Waals surface area contributed by atoms with Gasteiger partial charge in [-0.1, -0.05) is 6.92 Å². The lowest BCUT2D eigenvalue weighted by molar-refractivity contribution is 0.237. The number of nitrogens with zero attached hydrogens (tertiary/aromatic N) is 2. The Morgan fingerprint density at radius 3 is 2.70 bits per heavy atom. The molecule has 1 aliphatic carbocycles. The molecule has 3 aromatic rings. The number of carbonyl (C=O) groups is 1. The van der Waals surface area contributed by atoms with E-state index in [1.165, 1.54) is 24.5 Å². The van der Waals surface area contributed by atoms with Crippen molar-refractivity contribution < 1.29 is 13.6 Å². The van der Waals surface area contributed by atoms with Crippen LogP contribution < -0.4 is 16.4 Å². The Bertz CT molecular complexity index is 1010. The van der Waals surface area contributed by atoms with Crippen LogP contribution in [0, 0.1) is 18.2 Å². The minimum atomic E-state index is -0.396. The van der Waals surface area contributed by atoms with E-state index in [2.05, 4.69) is 27.5 Å². The third-order valence-corrected chi connectivity index (χ3v) is 5.14. The lowest BCUT2D eigenvalue weighted by atomic mass is 9.94. The van der Waals surface area contributed by atoms with Crippen LogP contribution in [0.3, 0.4) is 0 Å². The molecular formula is C19H20FN5O2. The van der Waals surface area contributed by atoms with Gasteiger partial charge in [0.15, 0.2) is 0 Å². The molecule has 4 N–H and O–H groups in total. The number of hydrogen-bond donors (Lipinski definition) is 3. The minimum Gasteiger partial charge on any atom is -0.459 e. The van der Waals surface area contributed by atoms with Crippen LogP contribution in [0.4, 0.5) is 20.8 Å². The van der Waals surface area contributed by atoms with Crippen LogP contribution in [0.1, 0.15) is 37.1 Å². The van der Waals surface area contributed by atoms with Gasteiger partial charge < -0.3 is 20.8 Å². The molecule has 27 heavy (non-hydrogen) atoms. The molecule has 7 nitrogen and oxygen atoms in total. The van der Waals surface area contributed by atoms with Crippen LogP contribution in [0.15, 0.2) is 35.0 Å². The molecule has 8 heteroatoms. The number of aryl methyl sites for hydroxylation is 1. The molecule has 0 unspecified atom stereocenters. The van der Waals surface area contributed by atoms with E-state index < -0.39 is 6.03 Å². The first-order valence-corrected chi connectivity index (χ1v) is 8.69. The van der Waals surface area contributed by atoms with Gasteiger partial charge in [-0.15, -0.1) is 0 Å². The molecule has 1 atom stereocenters. The van der Waals surface area contributed by atoms with Gasteiger partial charge in [0.1, 0.15) is 17.2 Å². The summed E-state index contributed by atoms with van der Waals surface area (Å²) >= 11 is 0. The second-order valence-electron chi connectivity index (χ2n) is 7.25. The van der Waals surface area contributed by atoms with Crippen molar-refractivity contribution in [2.75, 3.05) is 11.1 Å². The van der Waals surface area contributed by atoms with Crippen molar-refractivity contribution in [2.24, 2.45) is 5.41 Å². The second kappa shape index (κ2) is 6.22. The van der Waals surface area contributed by atoms with Crippen molar-refractivity contribution in [1.29, 1.82) is 0 Å². The van der Waals surface area contributed by atoms with Crippen LogP contribution in [-0.4, -0.2) is 16.0 Å². The Balaban J connectivity index is 1.62. The summed E-state index contributed by atoms with van der Waals surface area (Å²) in [6, 6.07) is 3.70. The van der Waals surface area contributed by atoms with E-state index in [0.29, 0.717) is 22.4 Å². The van der Waals surface area contributed by atoms with E-state index in [9.17, 15) is 9.18 Å². The molecule has 2 amide bonds. The molecule has 0 aliphatic heterocycles. The van der Waals surface area contributed by atoms with Crippen molar-refractivity contribution in [3.05, 3.63) is 47.7 Å². The lowest BCUT2D eigenvalue weighted by Gasteiger charge is -2.24. The highest BCUT2D eigenvalue weighted by Crippen LogP contribution is 2.55. The Morgan fingerprint density at radius 2 is 2.04 bits per heavy atom. The number of aromatic nitrogens is 2. The average Bonchev–Trinajstić information content (AvgIpc) is 3.31. The zero-order valence-corrected chi connectivity index (χ0v) is 15.0. The number of amides is 2. The molecule has 1 aromatic carbocycles. The van der Waals surface area contributed by atoms with Crippen molar-refractivity contribution in [1.82, 2.24) is 15.3 Å². The summed E-state index contributed by atoms with van der Waals surface area (Å²) in [6.07, 6.45) is 4.80. The highest BCUT2D eigenvalue weighted by molar-refractivity contribution is 5.89. The lowest BCUT2D eigenvalue weighted by Crippen LogP contribution is -2.36. The molecule has 1 saturated carbocycles. The molecular weight excluding hydrogens is 349 g/mol. The van der Waals surface area contributed by atoms with Gasteiger partial charge in [0.25, 0.3) is 0 Å². The van der Waals surface area contributed by atoms with Gasteiger partial charge in [-0.2, -0.15) is 0 Å². The number of carbonyl (C=O) groups excluding carboxylic acids is 1. The summed E-state index contributed by atoms with van der Waals surface area (Å²) in [6.45, 7) is 3.98. The third-order valence-electron chi connectivity index (χ3n) is 5.14. The van der Waals surface area contributed by atoms with Crippen LogP contribution in [0.2, 0.25) is 0 Å². The van der Waals surface area contributed by atoms with Crippen LogP contribution >= 0.6 is 0 Å². The van der Waals surface area contributed by atoms with Crippen LogP contribution in [0.5, 0.6) is 0 Å². The van der Waals surface area contributed by atoms with Gasteiger partial charge in [0.05, 0.1) is 24.1 Å². The van der Waals surface area contributed by atoms with E-state index >= 15 is 0 Å². The molecule has 4 rings (SSSR count). The molecule has 1 fully saturated rings. The van der Waals surface area contributed by atoms with E-state index in [0.717, 1.165) is 18.4 Å². The molecule has 1 aliphatic rings. The molecule has 0 bridgehead atoms. The number of furan rings is 1. The van der Waals surface area contributed by atoms with Crippen molar-refractivity contribution >= 4 is 28.6 Å². The fraction of sp³-hybridized carbons (Fsp3) is 0.316. The van der Waals surface area contributed by atoms with E-state index in [1.54, 1.807) is 6.07 Å². The van der Waals surface area contributed by atoms with Crippen molar-refractivity contribution in [3.63, 3.8) is 0 Å². The average molecular weight is 369 g/mol. The predicted octanol–water partition coefficient (Wildman–Crippen LogP) is 3.92. The molecule has 140 valence electrons. The maximum absolute atomic E-state index is 13.6. The largest absolute Gasteiger partial charge is 0.459 e. The van der Waals surface area contributed by atoms with Gasteiger partial charge in [-0.25, -0.2) is 19.2 Å². The first-order chi connectivity index (χ1) is 12.9. The summed E-state index contributed by atoms with van der Waals surface area (Å²) < 4.78 is 19.6. The molecule has 2 heterocycles. The van der Waals surface area contributed by atoms with E-state index in [4.69, 9.17) is 10.2 Å². The summed E-state index contributed by atoms with van der Waals surface area (Å²) in [5.41, 5.74) is 7.22. The van der Waals surface area contributed by atoms with Gasteiger partial charge in [-0.3, -0.25) is 0 Å². The fourth-order valence-electron chi connectivity index (χ4n) is 3.23. The number of rotatable bonds is 4. The van der Waals surface area contributed by atoms with Gasteiger partial charge >= 0.3 is 6.03 Å². The minimum absolute atomic E-state index is 0.105. The first-order valence-electron chi connectivity index (χ1n) is 8.69. The maximum Gasteiger partial charge on any atom is 0.319 e. The van der Waals surface area contributed by atoms with Crippen molar-refractivity contribution in [3.8, 4) is 0 Å². The number of nitrogens with one attached hydrogen (secondary N) is 2. The van der Waals surface area contributed by atoms with E-state index in [-0.39, 0.29) is 23.2 Å². The van der Waals surface area contributed by atoms with Crippen LogP contribution in [-0.2, 0) is 0 Å². The Labute approximate surface area is 155 Å². The standard InChI is InChI=1S/C19H20FN5O2/c1-10-13-7-11(20)3-4-14(13)27-15(10)16(19(2)5-6-19)25-18(26)24-12-8-22-17(21)23-9-12/h3-4,7-9,16H,5-6H2,1-2H3,(H2,21,22,23)(H2,24,25,26)/t16-/m0/s1. The fourth-order valence-corrected chi connectivity index (χ4v) is 3.23. The third kappa shape index (κ3) is 3.30. The van der Waals surface area contributed by atoms with Gasteiger partial charge in [0.2, 0.25) is 5.95 Å². The topological polar surface area (TPSA) is 106 Å². The molecule has 0 saturated heterocycles. The quantitative estimate of drug-likeness (QED) is 0.646. The summed E-state index contributed by atoms with van der Waals surface area (Å²) in [5.74, 6) is 0.468. The number of urea groups is 1. The number of benzene rings is 1. The summed E-state index contributed by atoms with van der Waals surface area (Å²) in [4.78, 5) is 20.2. The van der Waals surface area contributed by atoms with Crippen molar-refractivity contribution in [2.45, 2.75) is 32.7 Å². The van der Waals surface area contributed by atoms with Crippen LogP contribution in [0.25, 0.3) is 11.0 Å². The predicted molar refractivity (Wildman–Crippen MR) is 99.6 cm³/mol. The normalized spacial score (nSPS) is 16.1. The van der Waals surface area contributed by atoms with Gasteiger partial charge in [-0.05, 0) is 43.4 Å². The Kier molecular flexibility index (Phi) is 3.98. The first kappa shape index (κ1) is 17.3. The Morgan fingerprint density at radius 1 is 1.33 bits per heavy atom. The number of halogens is 1. The number of hydrogen-bond acceptors (Lipinski definition) is 5. The van der Waals surface area contributed by atoms with Gasteiger partial charge in [0, 0.05) is 10.9 Å². The number of fused-ring (bicyclic) bond motifs is 1. The number of anilines is 2. The number of nitrogen functional groups attached to an aromatic ring is 1.